The molecule has 1 amide bonds. The highest BCUT2D eigenvalue weighted by Gasteiger charge is 2.25. The van der Waals surface area contributed by atoms with Crippen LogP contribution in [0.15, 0.2) is 0 Å². The Morgan fingerprint density at radius 3 is 2.35 bits per heavy atom. The van der Waals surface area contributed by atoms with Gasteiger partial charge in [0, 0.05) is 25.6 Å². The zero-order chi connectivity index (χ0) is 15.7. The molecule has 1 saturated heterocycles. The van der Waals surface area contributed by atoms with Gasteiger partial charge in [-0.25, -0.2) is 0 Å². The minimum atomic E-state index is 0. The minimum Gasteiger partial charge on any atom is -0.342 e. The zero-order valence-corrected chi connectivity index (χ0v) is 16.8. The van der Waals surface area contributed by atoms with E-state index in [9.17, 15) is 4.79 Å². The minimum absolute atomic E-state index is 0. The number of hydrogen-bond acceptors (Lipinski definition) is 3. The van der Waals surface area contributed by atoms with Gasteiger partial charge in [-0.2, -0.15) is 0 Å². The fourth-order valence-corrected chi connectivity index (χ4v) is 3.25. The Balaban J connectivity index is 0. The van der Waals surface area contributed by atoms with Crippen molar-refractivity contribution in [2.24, 2.45) is 11.7 Å². The highest BCUT2D eigenvalue weighted by molar-refractivity contribution is 5.85. The smallest absolute Gasteiger partial charge is 0.222 e. The molecule has 1 aliphatic rings. The molecule has 1 rings (SSSR count). The molecule has 0 saturated carbocycles. The summed E-state index contributed by atoms with van der Waals surface area (Å²) in [6.45, 7) is 11.6. The largest absolute Gasteiger partial charge is 0.342 e. The summed E-state index contributed by atoms with van der Waals surface area (Å²) in [6.07, 6.45) is 6.33. The molecule has 6 heteroatoms. The van der Waals surface area contributed by atoms with Crippen LogP contribution in [-0.2, 0) is 4.79 Å². The number of amides is 1. The van der Waals surface area contributed by atoms with Crippen molar-refractivity contribution in [3.63, 3.8) is 0 Å². The van der Waals surface area contributed by atoms with E-state index in [1.807, 2.05) is 4.90 Å². The van der Waals surface area contributed by atoms with E-state index in [0.717, 1.165) is 45.6 Å². The molecule has 0 bridgehead atoms. The third-order valence-electron chi connectivity index (χ3n) is 4.50. The molecule has 23 heavy (non-hydrogen) atoms. The highest BCUT2D eigenvalue weighted by Crippen LogP contribution is 2.19. The van der Waals surface area contributed by atoms with Crippen LogP contribution in [-0.4, -0.2) is 54.5 Å². The molecule has 1 heterocycles. The van der Waals surface area contributed by atoms with Crippen molar-refractivity contribution in [1.82, 2.24) is 9.80 Å². The number of nitrogens with two attached hydrogens (primary N) is 1. The van der Waals surface area contributed by atoms with Gasteiger partial charge in [0.1, 0.15) is 0 Å². The number of rotatable bonds is 9. The van der Waals surface area contributed by atoms with Gasteiger partial charge in [0.25, 0.3) is 0 Å². The number of nitrogens with zero attached hydrogens (tertiary/aromatic N) is 2. The van der Waals surface area contributed by atoms with Gasteiger partial charge in [0.05, 0.1) is 0 Å². The average Bonchev–Trinajstić information content (AvgIpc) is 2.47. The van der Waals surface area contributed by atoms with Crippen LogP contribution in [0, 0.1) is 5.92 Å². The molecular weight excluding hydrogens is 333 g/mol. The molecule has 2 atom stereocenters. The predicted molar refractivity (Wildman–Crippen MR) is 104 cm³/mol. The fourth-order valence-electron chi connectivity index (χ4n) is 3.25. The third kappa shape index (κ3) is 9.75. The molecule has 2 N–H and O–H groups in total. The first-order chi connectivity index (χ1) is 10.1. The quantitative estimate of drug-likeness (QED) is 0.677. The number of carbonyl (C=O) groups excluding carboxylic acids is 1. The molecule has 2 unspecified atom stereocenters. The van der Waals surface area contributed by atoms with E-state index in [4.69, 9.17) is 5.73 Å². The Morgan fingerprint density at radius 2 is 1.83 bits per heavy atom. The Hall–Kier alpha value is -0.0300. The van der Waals surface area contributed by atoms with Gasteiger partial charge in [0.2, 0.25) is 5.91 Å². The van der Waals surface area contributed by atoms with Gasteiger partial charge >= 0.3 is 0 Å². The summed E-state index contributed by atoms with van der Waals surface area (Å²) in [7, 11) is 0. The first-order valence-electron chi connectivity index (χ1n) is 8.84. The standard InChI is InChI=1S/C17H35N3O.2ClH/c1-4-10-19(11-5-2)12-7-9-17(21)20-13-6-8-16(14-20)15(3)18;;/h15-16H,4-14,18H2,1-3H3;2*1H. The van der Waals surface area contributed by atoms with E-state index < -0.39 is 0 Å². The van der Waals surface area contributed by atoms with E-state index >= 15 is 0 Å². The molecule has 140 valence electrons. The van der Waals surface area contributed by atoms with Crippen molar-refractivity contribution in [2.75, 3.05) is 32.7 Å². The van der Waals surface area contributed by atoms with Gasteiger partial charge in [-0.1, -0.05) is 13.8 Å². The molecule has 4 nitrogen and oxygen atoms in total. The zero-order valence-electron chi connectivity index (χ0n) is 15.1. The van der Waals surface area contributed by atoms with Crippen LogP contribution in [0.5, 0.6) is 0 Å². The highest BCUT2D eigenvalue weighted by atomic mass is 35.5. The van der Waals surface area contributed by atoms with Crippen molar-refractivity contribution >= 4 is 30.7 Å². The third-order valence-corrected chi connectivity index (χ3v) is 4.50. The lowest BCUT2D eigenvalue weighted by Crippen LogP contribution is -2.45. The number of likely N-dealkylation sites (tertiary alicyclic amines) is 1. The summed E-state index contributed by atoms with van der Waals surface area (Å²) in [4.78, 5) is 16.9. The number of piperidine rings is 1. The van der Waals surface area contributed by atoms with Crippen molar-refractivity contribution < 1.29 is 4.79 Å². The summed E-state index contributed by atoms with van der Waals surface area (Å²) < 4.78 is 0. The summed E-state index contributed by atoms with van der Waals surface area (Å²) in [5.41, 5.74) is 5.99. The van der Waals surface area contributed by atoms with Crippen LogP contribution in [0.4, 0.5) is 0 Å². The molecule has 0 aromatic carbocycles. The van der Waals surface area contributed by atoms with Gasteiger partial charge in [-0.05, 0) is 64.6 Å². The Kier molecular flexibility index (Phi) is 15.7. The predicted octanol–water partition coefficient (Wildman–Crippen LogP) is 3.32. The van der Waals surface area contributed by atoms with Crippen LogP contribution in [0.1, 0.15) is 59.3 Å². The summed E-state index contributed by atoms with van der Waals surface area (Å²) in [5, 5.41) is 0. The molecular formula is C17H37Cl2N3O. The topological polar surface area (TPSA) is 49.6 Å². The average molecular weight is 370 g/mol. The molecule has 1 aliphatic heterocycles. The molecule has 0 aromatic heterocycles. The molecule has 0 spiro atoms. The molecule has 0 aromatic rings. The van der Waals surface area contributed by atoms with Crippen LogP contribution < -0.4 is 5.73 Å². The Labute approximate surface area is 155 Å². The summed E-state index contributed by atoms with van der Waals surface area (Å²) in [6, 6.07) is 0.199. The lowest BCUT2D eigenvalue weighted by Gasteiger charge is -2.34. The van der Waals surface area contributed by atoms with Crippen LogP contribution in [0.3, 0.4) is 0 Å². The van der Waals surface area contributed by atoms with Gasteiger partial charge < -0.3 is 15.5 Å². The van der Waals surface area contributed by atoms with Gasteiger partial charge in [-0.3, -0.25) is 4.79 Å². The van der Waals surface area contributed by atoms with Crippen molar-refractivity contribution in [3.8, 4) is 0 Å². The van der Waals surface area contributed by atoms with Gasteiger partial charge in [-0.15, -0.1) is 24.8 Å². The maximum atomic E-state index is 12.3. The first kappa shape index (κ1) is 25.2. The summed E-state index contributed by atoms with van der Waals surface area (Å²) in [5.74, 6) is 0.813. The Bertz CT molecular complexity index is 298. The second kappa shape index (κ2) is 14.3. The first-order valence-corrected chi connectivity index (χ1v) is 8.84. The van der Waals surface area contributed by atoms with Crippen LogP contribution >= 0.6 is 24.8 Å². The van der Waals surface area contributed by atoms with E-state index in [0.29, 0.717) is 18.2 Å². The number of halogens is 2. The van der Waals surface area contributed by atoms with Crippen LogP contribution in [0.2, 0.25) is 0 Å². The van der Waals surface area contributed by atoms with Crippen molar-refractivity contribution in [1.29, 1.82) is 0 Å². The maximum Gasteiger partial charge on any atom is 0.222 e. The van der Waals surface area contributed by atoms with Crippen molar-refractivity contribution in [2.45, 2.75) is 65.3 Å². The van der Waals surface area contributed by atoms with E-state index in [-0.39, 0.29) is 30.9 Å². The second-order valence-electron chi connectivity index (χ2n) is 6.55. The molecule has 1 fully saturated rings. The molecule has 0 radical (unpaired) electrons. The van der Waals surface area contributed by atoms with E-state index in [1.54, 1.807) is 0 Å². The summed E-state index contributed by atoms with van der Waals surface area (Å²) >= 11 is 0. The Morgan fingerprint density at radius 1 is 1.22 bits per heavy atom. The van der Waals surface area contributed by atoms with E-state index in [2.05, 4.69) is 25.7 Å². The normalized spacial score (nSPS) is 19.0. The van der Waals surface area contributed by atoms with E-state index in [1.165, 1.54) is 19.3 Å². The van der Waals surface area contributed by atoms with Crippen molar-refractivity contribution in [3.05, 3.63) is 0 Å². The number of carbonyl (C=O) groups is 1. The lowest BCUT2D eigenvalue weighted by molar-refractivity contribution is -0.133. The fraction of sp³-hybridized carbons (Fsp3) is 0.941. The van der Waals surface area contributed by atoms with Gasteiger partial charge in [0.15, 0.2) is 0 Å². The maximum absolute atomic E-state index is 12.3. The lowest BCUT2D eigenvalue weighted by atomic mass is 9.92. The number of hydrogen-bond donors (Lipinski definition) is 1. The van der Waals surface area contributed by atoms with Crippen LogP contribution in [0.25, 0.3) is 0 Å². The SMILES string of the molecule is CCCN(CCC)CCCC(=O)N1CCCC(C(C)N)C1.Cl.Cl. The molecule has 0 aliphatic carbocycles. The second-order valence-corrected chi connectivity index (χ2v) is 6.55. The monoisotopic (exact) mass is 369 g/mol.